The second-order valence-electron chi connectivity index (χ2n) is 7.77. The number of carbonyl (C=O) groups excluding carboxylic acids is 1. The Balaban J connectivity index is 1.64. The smallest absolute Gasteiger partial charge is 0.348 e. The average molecular weight is 471 g/mol. The molecule has 172 valence electrons. The van der Waals surface area contributed by atoms with E-state index in [1.165, 1.54) is 6.07 Å². The summed E-state index contributed by atoms with van der Waals surface area (Å²) in [6.45, 7) is 1.96. The van der Waals surface area contributed by atoms with Crippen LogP contribution < -0.4 is 5.32 Å². The molecular formula is C21H22N5O6P. The van der Waals surface area contributed by atoms with Gasteiger partial charge in [0.15, 0.2) is 0 Å². The van der Waals surface area contributed by atoms with Crippen molar-refractivity contribution in [2.45, 2.75) is 25.0 Å². The molecule has 2 aromatic heterocycles. The summed E-state index contributed by atoms with van der Waals surface area (Å²) in [5.41, 5.74) is 3.14. The molecule has 2 atom stereocenters. The number of benzene rings is 2. The second kappa shape index (κ2) is 8.43. The first-order valence-corrected chi connectivity index (χ1v) is 11.7. The Morgan fingerprint density at radius 1 is 1.15 bits per heavy atom. The van der Waals surface area contributed by atoms with E-state index in [4.69, 9.17) is 5.11 Å². The fraction of sp³-hybridized carbons (Fsp3) is 0.238. The number of carbonyl (C=O) groups is 2. The third-order valence-corrected chi connectivity index (χ3v) is 6.58. The first-order valence-electron chi connectivity index (χ1n) is 10.0. The zero-order valence-corrected chi connectivity index (χ0v) is 18.7. The molecule has 4 aromatic rings. The summed E-state index contributed by atoms with van der Waals surface area (Å²) >= 11 is 0. The van der Waals surface area contributed by atoms with Crippen LogP contribution in [0.5, 0.6) is 0 Å². The number of carboxylic acids is 1. The number of hydrogen-bond donors (Lipinski definition) is 5. The van der Waals surface area contributed by atoms with Crippen LogP contribution in [0.2, 0.25) is 0 Å². The molecule has 2 unspecified atom stereocenters. The van der Waals surface area contributed by atoms with Gasteiger partial charge in [0.2, 0.25) is 0 Å². The number of nitrogens with zero attached hydrogens (tertiary/aromatic N) is 3. The van der Waals surface area contributed by atoms with E-state index in [2.05, 4.69) is 20.3 Å². The van der Waals surface area contributed by atoms with Crippen LogP contribution in [0.15, 0.2) is 42.5 Å². The molecule has 0 aliphatic rings. The van der Waals surface area contributed by atoms with Gasteiger partial charge in [-0.05, 0) is 37.3 Å². The second-order valence-corrected chi connectivity index (χ2v) is 9.57. The molecule has 11 nitrogen and oxygen atoms in total. The summed E-state index contributed by atoms with van der Waals surface area (Å²) in [7, 11) is -3.06. The third kappa shape index (κ3) is 4.51. The molecule has 5 N–H and O–H groups in total. The Hall–Kier alpha value is -3.53. The number of aliphatic carboxylic acids is 1. The maximum Gasteiger partial charge on any atom is 0.348 e. The van der Waals surface area contributed by atoms with E-state index in [0.29, 0.717) is 16.9 Å². The zero-order valence-electron chi connectivity index (χ0n) is 17.8. The van der Waals surface area contributed by atoms with Gasteiger partial charge < -0.3 is 29.8 Å². The lowest BCUT2D eigenvalue weighted by Crippen LogP contribution is -2.36. The Morgan fingerprint density at radius 2 is 1.88 bits per heavy atom. The van der Waals surface area contributed by atoms with Crippen molar-refractivity contribution in [3.8, 4) is 0 Å². The molecule has 2 aromatic carbocycles. The molecule has 0 saturated heterocycles. The summed E-state index contributed by atoms with van der Waals surface area (Å²) in [6, 6.07) is 12.3. The van der Waals surface area contributed by atoms with Gasteiger partial charge in [0.25, 0.3) is 5.91 Å². The number of imidazole rings is 2. The maximum atomic E-state index is 12.6. The summed E-state index contributed by atoms with van der Waals surface area (Å²) in [5.74, 6) is -2.78. The minimum Gasteiger partial charge on any atom is -0.481 e. The highest BCUT2D eigenvalue weighted by Gasteiger charge is 2.33. The van der Waals surface area contributed by atoms with E-state index in [1.807, 2.05) is 35.8 Å². The van der Waals surface area contributed by atoms with Gasteiger partial charge in [-0.25, -0.2) is 9.97 Å². The van der Waals surface area contributed by atoms with Gasteiger partial charge in [0.1, 0.15) is 17.4 Å². The van der Waals surface area contributed by atoms with Gasteiger partial charge in [-0.2, -0.15) is 0 Å². The quantitative estimate of drug-likeness (QED) is 0.256. The van der Waals surface area contributed by atoms with E-state index in [-0.39, 0.29) is 11.5 Å². The minimum atomic E-state index is -4.86. The van der Waals surface area contributed by atoms with Gasteiger partial charge in [0.05, 0.1) is 34.4 Å². The summed E-state index contributed by atoms with van der Waals surface area (Å²) in [5, 5.41) is 11.0. The molecule has 0 spiro atoms. The van der Waals surface area contributed by atoms with Crippen LogP contribution in [-0.4, -0.2) is 52.1 Å². The number of aromatic nitrogens is 4. The Kier molecular flexibility index (Phi) is 5.79. The monoisotopic (exact) mass is 471 g/mol. The zero-order chi connectivity index (χ0) is 23.9. The van der Waals surface area contributed by atoms with Crippen molar-refractivity contribution in [3.05, 3.63) is 59.7 Å². The largest absolute Gasteiger partial charge is 0.481 e. The van der Waals surface area contributed by atoms with Crippen LogP contribution in [0.25, 0.3) is 22.1 Å². The van der Waals surface area contributed by atoms with Crippen molar-refractivity contribution >= 4 is 41.5 Å². The SMILES string of the molecule is CC(c1nc2ccccc2[nH]1)c1nc2ccc(C(=O)NC(CC(=O)O)P(=O)(O)O)cc2n1C. The number of fused-ring (bicyclic) bond motifs is 2. The highest BCUT2D eigenvalue weighted by Crippen LogP contribution is 2.41. The average Bonchev–Trinajstić information content (AvgIpc) is 3.33. The van der Waals surface area contributed by atoms with Crippen molar-refractivity contribution < 1.29 is 29.0 Å². The van der Waals surface area contributed by atoms with Crippen LogP contribution in [0, 0.1) is 0 Å². The molecule has 0 saturated carbocycles. The first-order chi connectivity index (χ1) is 15.5. The molecule has 33 heavy (non-hydrogen) atoms. The lowest BCUT2D eigenvalue weighted by molar-refractivity contribution is -0.137. The van der Waals surface area contributed by atoms with Crippen LogP contribution in [-0.2, 0) is 16.4 Å². The number of H-pyrrole nitrogens is 1. The van der Waals surface area contributed by atoms with Crippen molar-refractivity contribution in [2.24, 2.45) is 7.05 Å². The van der Waals surface area contributed by atoms with E-state index in [0.717, 1.165) is 16.9 Å². The van der Waals surface area contributed by atoms with Crippen LogP contribution in [0.3, 0.4) is 0 Å². The Morgan fingerprint density at radius 3 is 2.55 bits per heavy atom. The number of aryl methyl sites for hydroxylation is 1. The molecule has 4 rings (SSSR count). The lowest BCUT2D eigenvalue weighted by atomic mass is 10.1. The van der Waals surface area contributed by atoms with Crippen molar-refractivity contribution in [1.82, 2.24) is 24.8 Å². The summed E-state index contributed by atoms with van der Waals surface area (Å²) in [4.78, 5) is 54.9. The topological polar surface area (TPSA) is 170 Å². The minimum absolute atomic E-state index is 0.122. The number of hydrogen-bond acceptors (Lipinski definition) is 5. The number of nitrogens with one attached hydrogen (secondary N) is 2. The fourth-order valence-electron chi connectivity index (χ4n) is 3.69. The predicted octanol–water partition coefficient (Wildman–Crippen LogP) is 2.31. The lowest BCUT2D eigenvalue weighted by Gasteiger charge is -2.18. The van der Waals surface area contributed by atoms with Crippen molar-refractivity contribution in [3.63, 3.8) is 0 Å². The molecule has 2 heterocycles. The molecule has 0 aliphatic carbocycles. The van der Waals surface area contributed by atoms with Gasteiger partial charge in [0, 0.05) is 12.6 Å². The summed E-state index contributed by atoms with van der Waals surface area (Å²) < 4.78 is 13.4. The standard InChI is InChI=1S/C21H22N5O6P/c1-11(19-22-13-5-3-4-6-14(13)23-19)20-24-15-8-7-12(9-16(15)26(20)2)21(29)25-17(10-18(27)28)33(30,31)32/h3-9,11,17H,10H2,1-2H3,(H,22,23)(H,25,29)(H,27,28)(H2,30,31,32). The molecular weight excluding hydrogens is 449 g/mol. The first kappa shape index (κ1) is 22.7. The molecule has 0 fully saturated rings. The van der Waals surface area contributed by atoms with Gasteiger partial charge in [-0.1, -0.05) is 12.1 Å². The number of carboxylic acid groups (broad SMARTS) is 1. The Bertz CT molecular complexity index is 1390. The Labute approximate surface area is 187 Å². The number of rotatable bonds is 7. The normalized spacial score (nSPS) is 13.8. The highest BCUT2D eigenvalue weighted by molar-refractivity contribution is 7.52. The van der Waals surface area contributed by atoms with Crippen molar-refractivity contribution in [1.29, 1.82) is 0 Å². The molecule has 0 bridgehead atoms. The third-order valence-electron chi connectivity index (χ3n) is 5.45. The van der Waals surface area contributed by atoms with E-state index in [9.17, 15) is 23.9 Å². The summed E-state index contributed by atoms with van der Waals surface area (Å²) in [6.07, 6.45) is -0.900. The van der Waals surface area contributed by atoms with Crippen molar-refractivity contribution in [2.75, 3.05) is 0 Å². The van der Waals surface area contributed by atoms with Gasteiger partial charge in [-0.3, -0.25) is 14.2 Å². The number of aromatic amines is 1. The number of para-hydroxylation sites is 2. The maximum absolute atomic E-state index is 12.6. The molecule has 1 amide bonds. The van der Waals surface area contributed by atoms with E-state index in [1.54, 1.807) is 19.2 Å². The molecule has 0 radical (unpaired) electrons. The van der Waals surface area contributed by atoms with E-state index >= 15 is 0 Å². The van der Waals surface area contributed by atoms with Crippen LogP contribution >= 0.6 is 7.60 Å². The van der Waals surface area contributed by atoms with E-state index < -0.39 is 31.7 Å². The predicted molar refractivity (Wildman–Crippen MR) is 120 cm³/mol. The highest BCUT2D eigenvalue weighted by atomic mass is 31.2. The van der Waals surface area contributed by atoms with Gasteiger partial charge >= 0.3 is 13.6 Å². The number of amides is 1. The van der Waals surface area contributed by atoms with Crippen LogP contribution in [0.4, 0.5) is 0 Å². The van der Waals surface area contributed by atoms with Gasteiger partial charge in [-0.15, -0.1) is 0 Å². The van der Waals surface area contributed by atoms with Crippen LogP contribution in [0.1, 0.15) is 41.3 Å². The molecule has 0 aliphatic heterocycles. The molecule has 12 heteroatoms. The fourth-order valence-corrected chi connectivity index (χ4v) is 4.37.